The fourth-order valence-corrected chi connectivity index (χ4v) is 4.66. The van der Waals surface area contributed by atoms with E-state index in [0.29, 0.717) is 17.3 Å². The van der Waals surface area contributed by atoms with E-state index in [4.69, 9.17) is 16.6 Å². The maximum absolute atomic E-state index is 13.5. The Labute approximate surface area is 176 Å². The summed E-state index contributed by atoms with van der Waals surface area (Å²) >= 11 is 6.08. The van der Waals surface area contributed by atoms with Crippen LogP contribution in [-0.2, 0) is 25.9 Å². The summed E-state index contributed by atoms with van der Waals surface area (Å²) in [5, 5.41) is 0.708. The van der Waals surface area contributed by atoms with E-state index < -0.39 is 0 Å². The number of halogens is 1. The fraction of sp³-hybridized carbons (Fsp3) is 0.333. The van der Waals surface area contributed by atoms with E-state index in [9.17, 15) is 4.79 Å². The summed E-state index contributed by atoms with van der Waals surface area (Å²) in [5.41, 5.74) is 5.34. The Hall–Kier alpha value is -2.59. The lowest BCUT2D eigenvalue weighted by Crippen LogP contribution is -2.36. The standard InChI is InChI=1S/C24H24ClN3O/c25-20-11-9-18(10-12-20)23-26-22(21-8-2-1-5-14-28(21)23)24(29)27-15-13-17-6-3-4-7-19(17)16-27/h3-4,6-7,9-12H,1-2,5,8,13-16H2. The second-order valence-corrected chi connectivity index (χ2v) is 8.38. The summed E-state index contributed by atoms with van der Waals surface area (Å²) in [7, 11) is 0. The van der Waals surface area contributed by atoms with Crippen LogP contribution in [0.5, 0.6) is 0 Å². The normalized spacial score (nSPS) is 16.1. The number of amides is 1. The van der Waals surface area contributed by atoms with Crippen LogP contribution in [0, 0.1) is 0 Å². The Morgan fingerprint density at radius 2 is 1.69 bits per heavy atom. The van der Waals surface area contributed by atoms with Gasteiger partial charge in [-0.2, -0.15) is 0 Å². The van der Waals surface area contributed by atoms with Crippen molar-refractivity contribution in [3.05, 3.63) is 76.1 Å². The van der Waals surface area contributed by atoms with E-state index in [0.717, 1.165) is 55.9 Å². The summed E-state index contributed by atoms with van der Waals surface area (Å²) in [4.78, 5) is 20.4. The molecule has 4 nitrogen and oxygen atoms in total. The van der Waals surface area contributed by atoms with Crippen molar-refractivity contribution in [3.8, 4) is 11.4 Å². The predicted octanol–water partition coefficient (Wildman–Crippen LogP) is 5.13. The molecule has 0 fully saturated rings. The first-order valence-electron chi connectivity index (χ1n) is 10.4. The van der Waals surface area contributed by atoms with Gasteiger partial charge in [0, 0.05) is 30.2 Å². The molecule has 0 atom stereocenters. The van der Waals surface area contributed by atoms with Crippen molar-refractivity contribution < 1.29 is 4.79 Å². The molecule has 3 heterocycles. The fourth-order valence-electron chi connectivity index (χ4n) is 4.53. The molecule has 0 bridgehead atoms. The molecule has 0 radical (unpaired) electrons. The first-order valence-corrected chi connectivity index (χ1v) is 10.8. The van der Waals surface area contributed by atoms with Crippen molar-refractivity contribution in [1.29, 1.82) is 0 Å². The number of hydrogen-bond acceptors (Lipinski definition) is 2. The van der Waals surface area contributed by atoms with Gasteiger partial charge in [0.25, 0.3) is 5.91 Å². The van der Waals surface area contributed by atoms with Gasteiger partial charge in [-0.15, -0.1) is 0 Å². The Morgan fingerprint density at radius 1 is 0.897 bits per heavy atom. The van der Waals surface area contributed by atoms with E-state index in [2.05, 4.69) is 22.8 Å². The van der Waals surface area contributed by atoms with Crippen molar-refractivity contribution in [2.45, 2.75) is 45.2 Å². The number of carbonyl (C=O) groups is 1. The zero-order valence-corrected chi connectivity index (χ0v) is 17.2. The van der Waals surface area contributed by atoms with Crippen LogP contribution in [0.25, 0.3) is 11.4 Å². The minimum absolute atomic E-state index is 0.0605. The number of rotatable bonds is 2. The molecule has 0 aliphatic carbocycles. The Morgan fingerprint density at radius 3 is 2.52 bits per heavy atom. The molecule has 0 spiro atoms. The van der Waals surface area contributed by atoms with Crippen LogP contribution in [0.2, 0.25) is 5.02 Å². The highest BCUT2D eigenvalue weighted by Crippen LogP contribution is 2.30. The van der Waals surface area contributed by atoms with Gasteiger partial charge in [0.1, 0.15) is 11.5 Å². The van der Waals surface area contributed by atoms with Crippen LogP contribution in [0.4, 0.5) is 0 Å². The van der Waals surface area contributed by atoms with E-state index in [-0.39, 0.29) is 5.91 Å². The molecule has 0 unspecified atom stereocenters. The molecule has 0 saturated heterocycles. The van der Waals surface area contributed by atoms with Crippen LogP contribution < -0.4 is 0 Å². The van der Waals surface area contributed by atoms with Crippen LogP contribution in [0.15, 0.2) is 48.5 Å². The number of nitrogens with zero attached hydrogens (tertiary/aromatic N) is 3. The Bertz CT molecular complexity index is 1050. The maximum Gasteiger partial charge on any atom is 0.274 e. The number of hydrogen-bond donors (Lipinski definition) is 0. The summed E-state index contributed by atoms with van der Waals surface area (Å²) in [6.45, 7) is 2.33. The average Bonchev–Trinajstić information content (AvgIpc) is 2.94. The van der Waals surface area contributed by atoms with Gasteiger partial charge in [-0.1, -0.05) is 42.3 Å². The van der Waals surface area contributed by atoms with E-state index in [1.54, 1.807) is 0 Å². The lowest BCUT2D eigenvalue weighted by atomic mass is 9.99. The van der Waals surface area contributed by atoms with Gasteiger partial charge in [0.15, 0.2) is 0 Å². The number of benzene rings is 2. The van der Waals surface area contributed by atoms with E-state index in [1.165, 1.54) is 17.5 Å². The summed E-state index contributed by atoms with van der Waals surface area (Å²) in [6, 6.07) is 16.2. The van der Waals surface area contributed by atoms with Gasteiger partial charge in [0.05, 0.1) is 5.69 Å². The lowest BCUT2D eigenvalue weighted by Gasteiger charge is -2.28. The minimum atomic E-state index is 0.0605. The molecule has 5 rings (SSSR count). The lowest BCUT2D eigenvalue weighted by molar-refractivity contribution is 0.0728. The molecule has 5 heteroatoms. The second-order valence-electron chi connectivity index (χ2n) is 7.95. The SMILES string of the molecule is O=C(c1nc(-c2ccc(Cl)cc2)n2c1CCCCC2)N1CCc2ccccc2C1. The minimum Gasteiger partial charge on any atom is -0.333 e. The smallest absolute Gasteiger partial charge is 0.274 e. The molecule has 0 saturated carbocycles. The summed E-state index contributed by atoms with van der Waals surface area (Å²) < 4.78 is 2.27. The summed E-state index contributed by atoms with van der Waals surface area (Å²) in [6.07, 6.45) is 5.23. The first-order chi connectivity index (χ1) is 14.2. The molecule has 29 heavy (non-hydrogen) atoms. The summed E-state index contributed by atoms with van der Waals surface area (Å²) in [5.74, 6) is 0.949. The van der Waals surface area contributed by atoms with Gasteiger partial charge in [-0.3, -0.25) is 4.79 Å². The van der Waals surface area contributed by atoms with Crippen molar-refractivity contribution in [2.75, 3.05) is 6.54 Å². The third-order valence-electron chi connectivity index (χ3n) is 6.09. The topological polar surface area (TPSA) is 38.1 Å². The van der Waals surface area contributed by atoms with Crippen molar-refractivity contribution in [1.82, 2.24) is 14.5 Å². The Balaban J connectivity index is 1.53. The van der Waals surface area contributed by atoms with Gasteiger partial charge in [-0.05, 0) is 61.1 Å². The first kappa shape index (κ1) is 18.4. The van der Waals surface area contributed by atoms with Crippen LogP contribution in [-0.4, -0.2) is 26.9 Å². The zero-order chi connectivity index (χ0) is 19.8. The largest absolute Gasteiger partial charge is 0.333 e. The van der Waals surface area contributed by atoms with Crippen molar-refractivity contribution in [2.24, 2.45) is 0 Å². The van der Waals surface area contributed by atoms with Crippen molar-refractivity contribution >= 4 is 17.5 Å². The van der Waals surface area contributed by atoms with Crippen molar-refractivity contribution in [3.63, 3.8) is 0 Å². The van der Waals surface area contributed by atoms with E-state index in [1.807, 2.05) is 35.2 Å². The van der Waals surface area contributed by atoms with E-state index >= 15 is 0 Å². The predicted molar refractivity (Wildman–Crippen MR) is 115 cm³/mol. The third kappa shape index (κ3) is 3.46. The number of aromatic nitrogens is 2. The van der Waals surface area contributed by atoms with Gasteiger partial charge in [-0.25, -0.2) is 4.98 Å². The number of fused-ring (bicyclic) bond motifs is 2. The highest BCUT2D eigenvalue weighted by Gasteiger charge is 2.29. The Kier molecular flexibility index (Phi) is 4.88. The highest BCUT2D eigenvalue weighted by atomic mass is 35.5. The quantitative estimate of drug-likeness (QED) is 0.592. The maximum atomic E-state index is 13.5. The second kappa shape index (κ2) is 7.68. The number of carbonyl (C=O) groups excluding carboxylic acids is 1. The molecule has 1 aromatic heterocycles. The molecule has 2 aliphatic rings. The highest BCUT2D eigenvalue weighted by molar-refractivity contribution is 6.30. The van der Waals surface area contributed by atoms with Crippen LogP contribution in [0.3, 0.4) is 0 Å². The van der Waals surface area contributed by atoms with Gasteiger partial charge < -0.3 is 9.47 Å². The molecule has 2 aliphatic heterocycles. The third-order valence-corrected chi connectivity index (χ3v) is 6.34. The molecule has 1 amide bonds. The van der Waals surface area contributed by atoms with Crippen LogP contribution >= 0.6 is 11.6 Å². The van der Waals surface area contributed by atoms with Gasteiger partial charge >= 0.3 is 0 Å². The monoisotopic (exact) mass is 405 g/mol. The van der Waals surface area contributed by atoms with Crippen LogP contribution in [0.1, 0.15) is 46.6 Å². The molecule has 0 N–H and O–H groups in total. The molecular weight excluding hydrogens is 382 g/mol. The molecule has 3 aromatic rings. The molecule has 148 valence electrons. The average molecular weight is 406 g/mol. The molecule has 2 aromatic carbocycles. The van der Waals surface area contributed by atoms with Gasteiger partial charge in [0.2, 0.25) is 0 Å². The number of imidazole rings is 1. The zero-order valence-electron chi connectivity index (χ0n) is 16.4. The molecular formula is C24H24ClN3O.